The van der Waals surface area contributed by atoms with Gasteiger partial charge in [-0.1, -0.05) is 72.8 Å². The Hall–Kier alpha value is -3.61. The third-order valence-electron chi connectivity index (χ3n) is 5.09. The van der Waals surface area contributed by atoms with Gasteiger partial charge in [0.15, 0.2) is 0 Å². The number of nitrogens with one attached hydrogen (secondary N) is 1. The van der Waals surface area contributed by atoms with E-state index in [0.29, 0.717) is 19.4 Å². The predicted octanol–water partition coefficient (Wildman–Crippen LogP) is 3.46. The molecule has 1 fully saturated rings. The van der Waals surface area contributed by atoms with E-state index in [-0.39, 0.29) is 13.0 Å². The van der Waals surface area contributed by atoms with Crippen molar-refractivity contribution in [2.45, 2.75) is 38.0 Å². The molecule has 7 heteroatoms. The van der Waals surface area contributed by atoms with Crippen LogP contribution in [-0.2, 0) is 20.9 Å². The Kier molecular flexibility index (Phi) is 7.81. The van der Waals surface area contributed by atoms with Crippen LogP contribution in [0.5, 0.6) is 0 Å². The van der Waals surface area contributed by atoms with Crippen molar-refractivity contribution in [1.29, 1.82) is 0 Å². The normalized spacial score (nSPS) is 16.8. The molecule has 2 aromatic carbocycles. The first kappa shape index (κ1) is 22.1. The van der Waals surface area contributed by atoms with Gasteiger partial charge in [-0.3, -0.25) is 9.69 Å². The molecule has 0 radical (unpaired) electrons. The highest BCUT2D eigenvalue weighted by Gasteiger charge is 2.36. The van der Waals surface area contributed by atoms with Crippen LogP contribution in [0.3, 0.4) is 0 Å². The molecule has 1 saturated heterocycles. The van der Waals surface area contributed by atoms with E-state index < -0.39 is 30.1 Å². The summed E-state index contributed by atoms with van der Waals surface area (Å²) < 4.78 is 5.34. The molecule has 2 N–H and O–H groups in total. The summed E-state index contributed by atoms with van der Waals surface area (Å²) >= 11 is 0. The monoisotopic (exact) mass is 422 g/mol. The van der Waals surface area contributed by atoms with Crippen molar-refractivity contribution in [1.82, 2.24) is 10.2 Å². The van der Waals surface area contributed by atoms with Gasteiger partial charge in [0.1, 0.15) is 18.7 Å². The van der Waals surface area contributed by atoms with Crippen LogP contribution >= 0.6 is 0 Å². The van der Waals surface area contributed by atoms with E-state index in [2.05, 4.69) is 5.32 Å². The lowest BCUT2D eigenvalue weighted by molar-refractivity contribution is -0.142. The van der Waals surface area contributed by atoms with Gasteiger partial charge in [-0.2, -0.15) is 0 Å². The molecule has 0 aromatic heterocycles. The van der Waals surface area contributed by atoms with Gasteiger partial charge < -0.3 is 15.2 Å². The third kappa shape index (κ3) is 6.44. The fraction of sp³-hybridized carbons (Fsp3) is 0.292. The number of benzene rings is 2. The standard InChI is InChI=1S/C24H26N2O5/c27-22(25-20(23(28)29)14-7-13-18-9-3-1-4-10-18)21-15-8-16-26(21)24(30)31-17-19-11-5-2-6-12-19/h1-7,9-13,20-21H,8,14-17H2,(H,25,27)(H,28,29)/b13-7+/t20-,21+/m0/s1. The molecule has 0 aliphatic carbocycles. The minimum Gasteiger partial charge on any atom is -0.480 e. The quantitative estimate of drug-likeness (QED) is 0.679. The Morgan fingerprint density at radius 3 is 2.45 bits per heavy atom. The highest BCUT2D eigenvalue weighted by atomic mass is 16.6. The first-order valence-electron chi connectivity index (χ1n) is 10.3. The number of nitrogens with zero attached hydrogens (tertiary/aromatic N) is 1. The molecule has 0 saturated carbocycles. The van der Waals surface area contributed by atoms with E-state index in [1.807, 2.05) is 66.7 Å². The van der Waals surface area contributed by atoms with Gasteiger partial charge in [0.05, 0.1) is 0 Å². The zero-order valence-corrected chi connectivity index (χ0v) is 17.1. The first-order valence-corrected chi connectivity index (χ1v) is 10.3. The minimum absolute atomic E-state index is 0.118. The molecule has 7 nitrogen and oxygen atoms in total. The summed E-state index contributed by atoms with van der Waals surface area (Å²) in [4.78, 5) is 38.2. The van der Waals surface area contributed by atoms with Gasteiger partial charge in [0.25, 0.3) is 0 Å². The van der Waals surface area contributed by atoms with Crippen molar-refractivity contribution in [3.8, 4) is 0 Å². The number of carboxylic acids is 1. The number of hydrogen-bond donors (Lipinski definition) is 2. The number of aliphatic carboxylic acids is 1. The van der Waals surface area contributed by atoms with Gasteiger partial charge in [0, 0.05) is 6.54 Å². The SMILES string of the molecule is O=C(O)[C@H](C/C=C/c1ccccc1)NC(=O)[C@H]1CCCN1C(=O)OCc1ccccc1. The average Bonchev–Trinajstić information content (AvgIpc) is 3.28. The number of rotatable bonds is 8. The molecule has 3 rings (SSSR count). The van der Waals surface area contributed by atoms with Gasteiger partial charge in [-0.15, -0.1) is 0 Å². The number of amides is 2. The predicted molar refractivity (Wildman–Crippen MR) is 116 cm³/mol. The molecule has 1 heterocycles. The van der Waals surface area contributed by atoms with Crippen molar-refractivity contribution in [2.75, 3.05) is 6.54 Å². The molecule has 0 spiro atoms. The second-order valence-electron chi connectivity index (χ2n) is 7.34. The summed E-state index contributed by atoms with van der Waals surface area (Å²) in [6, 6.07) is 17.0. The third-order valence-corrected chi connectivity index (χ3v) is 5.09. The maximum Gasteiger partial charge on any atom is 0.410 e. The highest BCUT2D eigenvalue weighted by Crippen LogP contribution is 2.19. The second-order valence-corrected chi connectivity index (χ2v) is 7.34. The molecule has 2 atom stereocenters. The molecule has 0 bridgehead atoms. The molecular formula is C24H26N2O5. The van der Waals surface area contributed by atoms with E-state index in [4.69, 9.17) is 4.74 Å². The summed E-state index contributed by atoms with van der Waals surface area (Å²) in [7, 11) is 0. The molecule has 1 aliphatic heterocycles. The fourth-order valence-electron chi connectivity index (χ4n) is 3.45. The van der Waals surface area contributed by atoms with Crippen molar-refractivity contribution in [2.24, 2.45) is 0 Å². The van der Waals surface area contributed by atoms with E-state index in [0.717, 1.165) is 11.1 Å². The molecule has 1 aliphatic rings. The van der Waals surface area contributed by atoms with Crippen molar-refractivity contribution in [3.63, 3.8) is 0 Å². The van der Waals surface area contributed by atoms with Crippen LogP contribution in [0.25, 0.3) is 6.08 Å². The van der Waals surface area contributed by atoms with Crippen LogP contribution in [0.4, 0.5) is 4.79 Å². The molecular weight excluding hydrogens is 396 g/mol. The largest absolute Gasteiger partial charge is 0.480 e. The zero-order valence-electron chi connectivity index (χ0n) is 17.1. The summed E-state index contributed by atoms with van der Waals surface area (Å²) in [6.45, 7) is 0.518. The van der Waals surface area contributed by atoms with Crippen LogP contribution in [-0.4, -0.2) is 46.6 Å². The minimum atomic E-state index is -1.12. The van der Waals surface area contributed by atoms with E-state index in [1.54, 1.807) is 6.08 Å². The number of likely N-dealkylation sites (tertiary alicyclic amines) is 1. The van der Waals surface area contributed by atoms with Crippen LogP contribution < -0.4 is 5.32 Å². The molecule has 31 heavy (non-hydrogen) atoms. The van der Waals surface area contributed by atoms with E-state index >= 15 is 0 Å². The average molecular weight is 422 g/mol. The van der Waals surface area contributed by atoms with Gasteiger partial charge in [0.2, 0.25) is 5.91 Å². The first-order chi connectivity index (χ1) is 15.0. The van der Waals surface area contributed by atoms with Crippen molar-refractivity contribution >= 4 is 24.0 Å². The Bertz CT molecular complexity index is 914. The van der Waals surface area contributed by atoms with Crippen molar-refractivity contribution < 1.29 is 24.2 Å². The van der Waals surface area contributed by atoms with Gasteiger partial charge >= 0.3 is 12.1 Å². The number of ether oxygens (including phenoxy) is 1. The maximum absolute atomic E-state index is 12.7. The lowest BCUT2D eigenvalue weighted by Crippen LogP contribution is -2.50. The molecule has 2 aromatic rings. The van der Waals surface area contributed by atoms with Crippen LogP contribution in [0.15, 0.2) is 66.7 Å². The Morgan fingerprint density at radius 2 is 1.77 bits per heavy atom. The van der Waals surface area contributed by atoms with Gasteiger partial charge in [-0.25, -0.2) is 9.59 Å². The number of carbonyl (C=O) groups excluding carboxylic acids is 2. The lowest BCUT2D eigenvalue weighted by atomic mass is 10.1. The molecule has 0 unspecified atom stereocenters. The molecule has 2 amide bonds. The van der Waals surface area contributed by atoms with Crippen molar-refractivity contribution in [3.05, 3.63) is 77.9 Å². The molecule has 162 valence electrons. The Balaban J connectivity index is 1.55. The Morgan fingerprint density at radius 1 is 1.10 bits per heavy atom. The van der Waals surface area contributed by atoms with Crippen LogP contribution in [0, 0.1) is 0 Å². The van der Waals surface area contributed by atoms with E-state index in [9.17, 15) is 19.5 Å². The fourth-order valence-corrected chi connectivity index (χ4v) is 3.45. The number of carbonyl (C=O) groups is 3. The van der Waals surface area contributed by atoms with Gasteiger partial charge in [-0.05, 0) is 30.4 Å². The van der Waals surface area contributed by atoms with Crippen LogP contribution in [0.2, 0.25) is 0 Å². The van der Waals surface area contributed by atoms with E-state index in [1.165, 1.54) is 4.90 Å². The summed E-state index contributed by atoms with van der Waals surface area (Å²) in [5.74, 6) is -1.60. The smallest absolute Gasteiger partial charge is 0.410 e. The highest BCUT2D eigenvalue weighted by molar-refractivity contribution is 5.89. The second kappa shape index (κ2) is 11.0. The lowest BCUT2D eigenvalue weighted by Gasteiger charge is -2.24. The zero-order chi connectivity index (χ0) is 22.1. The summed E-state index contributed by atoms with van der Waals surface area (Å²) in [5.41, 5.74) is 1.80. The number of hydrogen-bond acceptors (Lipinski definition) is 4. The topological polar surface area (TPSA) is 95.9 Å². The maximum atomic E-state index is 12.7. The Labute approximate surface area is 181 Å². The summed E-state index contributed by atoms with van der Waals surface area (Å²) in [5, 5.41) is 12.1. The summed E-state index contributed by atoms with van der Waals surface area (Å²) in [6.07, 6.45) is 4.22. The number of carboxylic acid groups (broad SMARTS) is 1. The van der Waals surface area contributed by atoms with Crippen LogP contribution in [0.1, 0.15) is 30.4 Å².